The Morgan fingerprint density at radius 2 is 2.06 bits per heavy atom. The lowest BCUT2D eigenvalue weighted by molar-refractivity contribution is 0.0526. The van der Waals surface area contributed by atoms with Crippen LogP contribution in [0.3, 0.4) is 0 Å². The van der Waals surface area contributed by atoms with Crippen LogP contribution in [0.15, 0.2) is 24.7 Å². The fourth-order valence-electron chi connectivity index (χ4n) is 4.43. The van der Waals surface area contributed by atoms with Gasteiger partial charge in [0.1, 0.15) is 10.6 Å². The first-order chi connectivity index (χ1) is 16.5. The van der Waals surface area contributed by atoms with E-state index in [0.29, 0.717) is 21.8 Å². The molecule has 0 spiro atoms. The van der Waals surface area contributed by atoms with Crippen molar-refractivity contribution in [2.45, 2.75) is 53.0 Å². The molecular weight excluding hydrogens is 452 g/mol. The zero-order valence-electron chi connectivity index (χ0n) is 19.4. The van der Waals surface area contributed by atoms with E-state index in [1.54, 1.807) is 17.6 Å². The van der Waals surface area contributed by atoms with Gasteiger partial charge in [0.15, 0.2) is 5.65 Å². The number of rotatable bonds is 6. The summed E-state index contributed by atoms with van der Waals surface area (Å²) in [6.45, 7) is 6.80. The lowest BCUT2D eigenvalue weighted by atomic mass is 9.95. The molecule has 9 nitrogen and oxygen atoms in total. The summed E-state index contributed by atoms with van der Waals surface area (Å²) in [5, 5.41) is 12.5. The number of esters is 1. The van der Waals surface area contributed by atoms with Crippen molar-refractivity contribution in [1.82, 2.24) is 24.4 Å². The molecule has 0 atom stereocenters. The highest BCUT2D eigenvalue weighted by Crippen LogP contribution is 2.39. The predicted molar refractivity (Wildman–Crippen MR) is 129 cm³/mol. The maximum absolute atomic E-state index is 13.3. The zero-order chi connectivity index (χ0) is 23.8. The molecule has 0 unspecified atom stereocenters. The molecule has 176 valence electrons. The third-order valence-corrected chi connectivity index (χ3v) is 7.28. The number of aromatic nitrogens is 5. The molecule has 0 bridgehead atoms. The summed E-state index contributed by atoms with van der Waals surface area (Å²) < 4.78 is 8.82. The molecule has 1 amide bonds. The summed E-state index contributed by atoms with van der Waals surface area (Å²) in [5.74, 6) is -0.745. The van der Waals surface area contributed by atoms with E-state index in [4.69, 9.17) is 4.74 Å². The van der Waals surface area contributed by atoms with E-state index in [0.717, 1.165) is 59.6 Å². The standard InChI is InChI=1S/C24H26N6O3S/c1-4-29-13-17(14(3)28-29)18-10-11-25-21-16(12-26-30(18)21)22(31)27-23-20(24(32)33-5-2)15-8-6-7-9-19(15)34-23/h10-13H,4-9H2,1-3H3,(H,27,31). The van der Waals surface area contributed by atoms with Crippen molar-refractivity contribution in [3.8, 4) is 11.3 Å². The quantitative estimate of drug-likeness (QED) is 0.415. The number of carbonyl (C=O) groups excluding carboxylic acids is 2. The van der Waals surface area contributed by atoms with Gasteiger partial charge in [0.2, 0.25) is 0 Å². The van der Waals surface area contributed by atoms with Gasteiger partial charge in [0, 0.05) is 29.4 Å². The topological polar surface area (TPSA) is 103 Å². The third-order valence-electron chi connectivity index (χ3n) is 6.07. The van der Waals surface area contributed by atoms with Crippen LogP contribution in [0, 0.1) is 6.92 Å². The summed E-state index contributed by atoms with van der Waals surface area (Å²) in [4.78, 5) is 31.6. The molecule has 1 N–H and O–H groups in total. The number of fused-ring (bicyclic) bond motifs is 2. The molecule has 0 saturated heterocycles. The lowest BCUT2D eigenvalue weighted by Crippen LogP contribution is -2.16. The second-order valence-electron chi connectivity index (χ2n) is 8.20. The van der Waals surface area contributed by atoms with Crippen LogP contribution in [-0.4, -0.2) is 42.9 Å². The third kappa shape index (κ3) is 3.77. The van der Waals surface area contributed by atoms with Crippen LogP contribution in [0.2, 0.25) is 0 Å². The first-order valence-electron chi connectivity index (χ1n) is 11.5. The van der Waals surface area contributed by atoms with Crippen molar-refractivity contribution >= 4 is 33.9 Å². The molecular formula is C24H26N6O3S. The van der Waals surface area contributed by atoms with Crippen LogP contribution in [-0.2, 0) is 24.1 Å². The van der Waals surface area contributed by atoms with E-state index in [1.165, 1.54) is 17.5 Å². The Balaban J connectivity index is 1.51. The average molecular weight is 479 g/mol. The minimum Gasteiger partial charge on any atom is -0.462 e. The van der Waals surface area contributed by atoms with E-state index < -0.39 is 0 Å². The Morgan fingerprint density at radius 1 is 1.24 bits per heavy atom. The van der Waals surface area contributed by atoms with Crippen LogP contribution < -0.4 is 5.32 Å². The predicted octanol–water partition coefficient (Wildman–Crippen LogP) is 4.29. The fourth-order valence-corrected chi connectivity index (χ4v) is 5.70. The van der Waals surface area contributed by atoms with Crippen LogP contribution in [0.1, 0.15) is 63.5 Å². The number of anilines is 1. The molecule has 5 rings (SSSR count). The molecule has 34 heavy (non-hydrogen) atoms. The number of hydrogen-bond acceptors (Lipinski definition) is 7. The summed E-state index contributed by atoms with van der Waals surface area (Å²) >= 11 is 1.46. The van der Waals surface area contributed by atoms with Crippen molar-refractivity contribution < 1.29 is 14.3 Å². The molecule has 0 fully saturated rings. The molecule has 0 aromatic carbocycles. The first-order valence-corrected chi connectivity index (χ1v) is 12.3. The number of thiophene rings is 1. The molecule has 1 aliphatic rings. The SMILES string of the molecule is CCOC(=O)c1c(NC(=O)c2cnn3c(-c4cn(CC)nc4C)ccnc23)sc2c1CCCC2. The van der Waals surface area contributed by atoms with Gasteiger partial charge in [-0.15, -0.1) is 11.3 Å². The summed E-state index contributed by atoms with van der Waals surface area (Å²) in [7, 11) is 0. The minimum atomic E-state index is -0.388. The molecule has 10 heteroatoms. The molecule has 0 aliphatic heterocycles. The van der Waals surface area contributed by atoms with Crippen LogP contribution >= 0.6 is 11.3 Å². The average Bonchev–Trinajstić information content (AvgIpc) is 3.53. The molecule has 4 heterocycles. The second-order valence-corrected chi connectivity index (χ2v) is 9.30. The van der Waals surface area contributed by atoms with Crippen molar-refractivity contribution in [2.24, 2.45) is 0 Å². The van der Waals surface area contributed by atoms with Crippen LogP contribution in [0.5, 0.6) is 0 Å². The van der Waals surface area contributed by atoms with E-state index in [-0.39, 0.29) is 18.5 Å². The smallest absolute Gasteiger partial charge is 0.341 e. The normalized spacial score (nSPS) is 13.1. The van der Waals surface area contributed by atoms with Gasteiger partial charge in [-0.05, 0) is 58.1 Å². The number of aryl methyl sites for hydroxylation is 3. The van der Waals surface area contributed by atoms with Gasteiger partial charge in [-0.2, -0.15) is 10.2 Å². The number of nitrogens with one attached hydrogen (secondary N) is 1. The van der Waals surface area contributed by atoms with Gasteiger partial charge < -0.3 is 10.1 Å². The fraction of sp³-hybridized carbons (Fsp3) is 0.375. The Bertz CT molecular complexity index is 1400. The zero-order valence-corrected chi connectivity index (χ0v) is 20.2. The largest absolute Gasteiger partial charge is 0.462 e. The molecule has 0 saturated carbocycles. The van der Waals surface area contributed by atoms with Crippen molar-refractivity contribution in [2.75, 3.05) is 11.9 Å². The molecule has 1 aliphatic carbocycles. The summed E-state index contributed by atoms with van der Waals surface area (Å²) in [6, 6.07) is 1.86. The highest BCUT2D eigenvalue weighted by molar-refractivity contribution is 7.17. The number of carbonyl (C=O) groups is 2. The van der Waals surface area contributed by atoms with Gasteiger partial charge in [-0.3, -0.25) is 9.48 Å². The monoisotopic (exact) mass is 478 g/mol. The van der Waals surface area contributed by atoms with Gasteiger partial charge in [0.05, 0.1) is 29.8 Å². The Hall–Kier alpha value is -3.53. The van der Waals surface area contributed by atoms with E-state index in [9.17, 15) is 9.59 Å². The van der Waals surface area contributed by atoms with E-state index in [2.05, 4.69) is 20.5 Å². The summed E-state index contributed by atoms with van der Waals surface area (Å²) in [6.07, 6.45) is 8.98. The Morgan fingerprint density at radius 3 is 2.82 bits per heavy atom. The number of ether oxygens (including phenoxy) is 1. The number of amides is 1. The maximum Gasteiger partial charge on any atom is 0.341 e. The van der Waals surface area contributed by atoms with E-state index in [1.807, 2.05) is 30.8 Å². The first kappa shape index (κ1) is 22.3. The van der Waals surface area contributed by atoms with Crippen LogP contribution in [0.4, 0.5) is 5.00 Å². The highest BCUT2D eigenvalue weighted by Gasteiger charge is 2.28. The molecule has 0 radical (unpaired) electrons. The van der Waals surface area contributed by atoms with Gasteiger partial charge in [0.25, 0.3) is 5.91 Å². The minimum absolute atomic E-state index is 0.283. The summed E-state index contributed by atoms with van der Waals surface area (Å²) in [5.41, 5.74) is 4.89. The Kier molecular flexibility index (Phi) is 5.91. The molecule has 4 aromatic heterocycles. The molecule has 4 aromatic rings. The number of hydrogen-bond donors (Lipinski definition) is 1. The maximum atomic E-state index is 13.3. The van der Waals surface area contributed by atoms with Gasteiger partial charge in [-0.25, -0.2) is 14.3 Å². The van der Waals surface area contributed by atoms with Gasteiger partial charge in [-0.1, -0.05) is 0 Å². The highest BCUT2D eigenvalue weighted by atomic mass is 32.1. The number of nitrogens with zero attached hydrogens (tertiary/aromatic N) is 5. The Labute approximate surface area is 200 Å². The lowest BCUT2D eigenvalue weighted by Gasteiger charge is -2.12. The van der Waals surface area contributed by atoms with Crippen molar-refractivity contribution in [1.29, 1.82) is 0 Å². The van der Waals surface area contributed by atoms with Gasteiger partial charge >= 0.3 is 5.97 Å². The second kappa shape index (κ2) is 9.02. The van der Waals surface area contributed by atoms with Crippen molar-refractivity contribution in [3.63, 3.8) is 0 Å². The van der Waals surface area contributed by atoms with E-state index >= 15 is 0 Å². The van der Waals surface area contributed by atoms with Crippen molar-refractivity contribution in [3.05, 3.63) is 51.9 Å². The van der Waals surface area contributed by atoms with Crippen LogP contribution in [0.25, 0.3) is 16.9 Å².